The molecule has 0 atom stereocenters. The van der Waals surface area contributed by atoms with Gasteiger partial charge in [-0.05, 0) is 0 Å². The monoisotopic (exact) mass is 145 g/mol. The van der Waals surface area contributed by atoms with Crippen molar-refractivity contribution in [1.29, 1.82) is 0 Å². The zero-order valence-electron chi connectivity index (χ0n) is 6.14. The molecule has 0 bridgehead atoms. The Morgan fingerprint density at radius 2 is 2.10 bits per heavy atom. The molecule has 58 valence electrons. The summed E-state index contributed by atoms with van der Waals surface area (Å²) in [6, 6.07) is 0. The first kappa shape index (κ1) is 8.94. The van der Waals surface area contributed by atoms with E-state index in [1.165, 1.54) is 7.05 Å². The predicted octanol–water partition coefficient (Wildman–Crippen LogP) is 0.321. The number of ketones is 1. The third-order valence-corrected chi connectivity index (χ3v) is 0.963. The van der Waals surface area contributed by atoms with Crippen LogP contribution in [0.25, 0.3) is 0 Å². The standard InChI is InChI=1S/C6H11NO3/c1-3-5(8)4-10-6(9)7-2/h3-4H2,1-2H3,(H,7,9). The fraction of sp³-hybridized carbons (Fsp3) is 0.667. The van der Waals surface area contributed by atoms with E-state index in [1.807, 2.05) is 0 Å². The highest BCUT2D eigenvalue weighted by Gasteiger charge is 2.01. The van der Waals surface area contributed by atoms with Crippen LogP contribution >= 0.6 is 0 Å². The quantitative estimate of drug-likeness (QED) is 0.622. The van der Waals surface area contributed by atoms with Gasteiger partial charge in [0, 0.05) is 13.5 Å². The average Bonchev–Trinajstić information content (AvgIpc) is 1.99. The molecular formula is C6H11NO3. The molecule has 0 aromatic rings. The molecule has 0 fully saturated rings. The van der Waals surface area contributed by atoms with E-state index < -0.39 is 6.09 Å². The number of hydrogen-bond donors (Lipinski definition) is 1. The predicted molar refractivity (Wildman–Crippen MR) is 35.7 cm³/mol. The fourth-order valence-electron chi connectivity index (χ4n) is 0.320. The van der Waals surface area contributed by atoms with E-state index in [0.717, 1.165) is 0 Å². The molecule has 0 unspecified atom stereocenters. The van der Waals surface area contributed by atoms with Gasteiger partial charge in [0.05, 0.1) is 0 Å². The van der Waals surface area contributed by atoms with E-state index in [2.05, 4.69) is 10.1 Å². The number of hydrogen-bond acceptors (Lipinski definition) is 3. The van der Waals surface area contributed by atoms with Crippen LogP contribution in [-0.2, 0) is 9.53 Å². The van der Waals surface area contributed by atoms with Crippen LogP contribution in [0.15, 0.2) is 0 Å². The molecule has 10 heavy (non-hydrogen) atoms. The molecule has 0 heterocycles. The number of Topliss-reactive ketones (excluding diaryl/α,β-unsaturated/α-hetero) is 1. The summed E-state index contributed by atoms with van der Waals surface area (Å²) in [6.45, 7) is 1.59. The van der Waals surface area contributed by atoms with Crippen LogP contribution in [0.1, 0.15) is 13.3 Å². The van der Waals surface area contributed by atoms with Crippen molar-refractivity contribution in [2.45, 2.75) is 13.3 Å². The van der Waals surface area contributed by atoms with Crippen LogP contribution in [0.2, 0.25) is 0 Å². The summed E-state index contributed by atoms with van der Waals surface area (Å²) in [7, 11) is 1.44. The first-order valence-corrected chi connectivity index (χ1v) is 3.07. The molecule has 0 aliphatic rings. The van der Waals surface area contributed by atoms with Crippen molar-refractivity contribution in [3.8, 4) is 0 Å². The minimum absolute atomic E-state index is 0.0800. The minimum atomic E-state index is -0.568. The number of nitrogens with one attached hydrogen (secondary N) is 1. The maximum atomic E-state index is 10.5. The fourth-order valence-corrected chi connectivity index (χ4v) is 0.320. The molecule has 0 radical (unpaired) electrons. The lowest BCUT2D eigenvalue weighted by molar-refractivity contribution is -0.121. The first-order valence-electron chi connectivity index (χ1n) is 3.07. The molecule has 0 aliphatic carbocycles. The van der Waals surface area contributed by atoms with Crippen LogP contribution in [0, 0.1) is 0 Å². The Labute approximate surface area is 59.6 Å². The van der Waals surface area contributed by atoms with Crippen LogP contribution in [0.5, 0.6) is 0 Å². The normalized spacial score (nSPS) is 8.60. The van der Waals surface area contributed by atoms with Gasteiger partial charge < -0.3 is 10.1 Å². The van der Waals surface area contributed by atoms with Crippen molar-refractivity contribution in [3.63, 3.8) is 0 Å². The SMILES string of the molecule is CCC(=O)COC(=O)NC. The summed E-state index contributed by atoms with van der Waals surface area (Å²) in [5, 5.41) is 2.23. The summed E-state index contributed by atoms with van der Waals surface area (Å²) in [4.78, 5) is 20.9. The van der Waals surface area contributed by atoms with Crippen LogP contribution < -0.4 is 5.32 Å². The van der Waals surface area contributed by atoms with Crippen LogP contribution in [-0.4, -0.2) is 25.5 Å². The Bertz CT molecular complexity index is 117. The number of alkyl carbamates (subject to hydrolysis) is 1. The Kier molecular flexibility index (Phi) is 4.28. The average molecular weight is 145 g/mol. The number of carbonyl (C=O) groups is 2. The van der Waals surface area contributed by atoms with Crippen molar-refractivity contribution in [2.75, 3.05) is 13.7 Å². The summed E-state index contributed by atoms with van der Waals surface area (Å²) in [5.41, 5.74) is 0. The third-order valence-electron chi connectivity index (χ3n) is 0.963. The van der Waals surface area contributed by atoms with E-state index in [9.17, 15) is 9.59 Å². The van der Waals surface area contributed by atoms with Crippen molar-refractivity contribution in [1.82, 2.24) is 5.32 Å². The van der Waals surface area contributed by atoms with E-state index >= 15 is 0 Å². The van der Waals surface area contributed by atoms with Gasteiger partial charge in [-0.25, -0.2) is 4.79 Å². The number of ether oxygens (including phenoxy) is 1. The topological polar surface area (TPSA) is 55.4 Å². The molecule has 0 saturated carbocycles. The largest absolute Gasteiger partial charge is 0.442 e. The smallest absolute Gasteiger partial charge is 0.407 e. The number of rotatable bonds is 3. The molecule has 0 saturated heterocycles. The Morgan fingerprint density at radius 3 is 2.50 bits per heavy atom. The molecular weight excluding hydrogens is 134 g/mol. The summed E-state index contributed by atoms with van der Waals surface area (Å²) >= 11 is 0. The lowest BCUT2D eigenvalue weighted by Crippen LogP contribution is -2.22. The van der Waals surface area contributed by atoms with Gasteiger partial charge in [-0.1, -0.05) is 6.92 Å². The molecule has 0 aromatic heterocycles. The molecule has 0 rings (SSSR count). The number of carbonyl (C=O) groups excluding carboxylic acids is 2. The molecule has 1 N–H and O–H groups in total. The summed E-state index contributed by atoms with van der Waals surface area (Å²) < 4.78 is 4.44. The van der Waals surface area contributed by atoms with E-state index in [4.69, 9.17) is 0 Å². The van der Waals surface area contributed by atoms with Crippen LogP contribution in [0.3, 0.4) is 0 Å². The summed E-state index contributed by atoms with van der Waals surface area (Å²) in [6.07, 6.45) is -0.168. The van der Waals surface area contributed by atoms with Crippen molar-refractivity contribution >= 4 is 11.9 Å². The Balaban J connectivity index is 3.35. The molecule has 0 spiro atoms. The highest BCUT2D eigenvalue weighted by molar-refractivity contribution is 5.81. The lowest BCUT2D eigenvalue weighted by Gasteiger charge is -1.99. The van der Waals surface area contributed by atoms with Gasteiger partial charge in [-0.2, -0.15) is 0 Å². The van der Waals surface area contributed by atoms with E-state index in [0.29, 0.717) is 6.42 Å². The minimum Gasteiger partial charge on any atom is -0.442 e. The highest BCUT2D eigenvalue weighted by Crippen LogP contribution is 1.82. The zero-order valence-corrected chi connectivity index (χ0v) is 6.14. The molecule has 0 aliphatic heterocycles. The first-order chi connectivity index (χ1) is 4.70. The Morgan fingerprint density at radius 1 is 1.50 bits per heavy atom. The van der Waals surface area contributed by atoms with Crippen LogP contribution in [0.4, 0.5) is 4.79 Å². The Hall–Kier alpha value is -1.06. The number of amides is 1. The van der Waals surface area contributed by atoms with Gasteiger partial charge in [0.2, 0.25) is 0 Å². The zero-order chi connectivity index (χ0) is 7.98. The van der Waals surface area contributed by atoms with Gasteiger partial charge in [0.25, 0.3) is 0 Å². The second-order valence-electron chi connectivity index (χ2n) is 1.72. The summed E-state index contributed by atoms with van der Waals surface area (Å²) in [5.74, 6) is -0.0800. The second-order valence-corrected chi connectivity index (χ2v) is 1.72. The van der Waals surface area contributed by atoms with E-state index in [1.54, 1.807) is 6.92 Å². The van der Waals surface area contributed by atoms with Crippen molar-refractivity contribution in [2.24, 2.45) is 0 Å². The second kappa shape index (κ2) is 4.78. The molecule has 0 aromatic carbocycles. The lowest BCUT2D eigenvalue weighted by atomic mass is 10.3. The van der Waals surface area contributed by atoms with Gasteiger partial charge in [-0.15, -0.1) is 0 Å². The maximum Gasteiger partial charge on any atom is 0.407 e. The molecule has 4 nitrogen and oxygen atoms in total. The van der Waals surface area contributed by atoms with Gasteiger partial charge in [0.15, 0.2) is 12.4 Å². The van der Waals surface area contributed by atoms with Gasteiger partial charge in [-0.3, -0.25) is 4.79 Å². The molecule has 4 heteroatoms. The molecule has 1 amide bonds. The van der Waals surface area contributed by atoms with Crippen molar-refractivity contribution < 1.29 is 14.3 Å². The highest BCUT2D eigenvalue weighted by atomic mass is 16.5. The van der Waals surface area contributed by atoms with Gasteiger partial charge in [0.1, 0.15) is 0 Å². The van der Waals surface area contributed by atoms with E-state index in [-0.39, 0.29) is 12.4 Å². The third kappa shape index (κ3) is 3.88. The van der Waals surface area contributed by atoms with Gasteiger partial charge >= 0.3 is 6.09 Å². The maximum absolute atomic E-state index is 10.5. The van der Waals surface area contributed by atoms with Crippen molar-refractivity contribution in [3.05, 3.63) is 0 Å².